The second kappa shape index (κ2) is 2.83. The van der Waals surface area contributed by atoms with Gasteiger partial charge in [-0.3, -0.25) is 4.18 Å². The van der Waals surface area contributed by atoms with E-state index in [1.165, 1.54) is 21.2 Å². The van der Waals surface area contributed by atoms with Gasteiger partial charge in [-0.25, -0.2) is 0 Å². The minimum Gasteiger partial charge on any atom is -0.263 e. The zero-order valence-electron chi connectivity index (χ0n) is 3.72. The molecule has 0 spiro atoms. The Kier molecular flexibility index (Phi) is 3.09. The van der Waals surface area contributed by atoms with Crippen molar-refractivity contribution in [2.24, 2.45) is 0 Å². The third kappa shape index (κ3) is 6.64. The first kappa shape index (κ1) is 7.64. The van der Waals surface area contributed by atoms with Crippen LogP contribution in [0.2, 0.25) is 0 Å². The van der Waals surface area contributed by atoms with Gasteiger partial charge >= 0.3 is 7.29 Å². The summed E-state index contributed by atoms with van der Waals surface area (Å²) >= 11 is 1.23. The van der Waals surface area contributed by atoms with Crippen LogP contribution in [0.4, 0.5) is 0 Å². The number of hydrogen-bond acceptors (Lipinski definition) is 3. The lowest BCUT2D eigenvalue weighted by Gasteiger charge is -1.88. The van der Waals surface area contributed by atoms with Gasteiger partial charge in [-0.15, -0.1) is 0 Å². The minimum atomic E-state index is -3.20. The van der Waals surface area contributed by atoms with E-state index in [4.69, 9.17) is 0 Å². The molecule has 0 saturated heterocycles. The lowest BCUT2D eigenvalue weighted by Crippen LogP contribution is -1.93. The molecule has 0 fully saturated rings. The van der Waals surface area contributed by atoms with Crippen LogP contribution in [-0.2, 0) is 11.5 Å². The van der Waals surface area contributed by atoms with Gasteiger partial charge < -0.3 is 0 Å². The molecule has 0 bridgehead atoms. The molecule has 0 aliphatic heterocycles. The largest absolute Gasteiger partial charge is 0.321 e. The van der Waals surface area contributed by atoms with Gasteiger partial charge in [0, 0.05) is 0 Å². The maximum Gasteiger partial charge on any atom is 0.321 e. The Hall–Kier alpha value is 0.640. The van der Waals surface area contributed by atoms with Crippen molar-refractivity contribution in [3.8, 4) is 0 Å². The van der Waals surface area contributed by atoms with Crippen LogP contribution in [0.5, 0.6) is 0 Å². The van der Waals surface area contributed by atoms with Crippen LogP contribution in [0.15, 0.2) is 0 Å². The summed E-state index contributed by atoms with van der Waals surface area (Å²) in [4.78, 5) is 0. The van der Waals surface area contributed by atoms with Crippen molar-refractivity contribution < 1.29 is 12.6 Å². The molecule has 0 unspecified atom stereocenters. The summed E-state index contributed by atoms with van der Waals surface area (Å²) in [6.45, 7) is 1.83. The first-order valence-corrected chi connectivity index (χ1v) is 5.60. The van der Waals surface area contributed by atoms with E-state index in [9.17, 15) is 8.42 Å². The van der Waals surface area contributed by atoms with Gasteiger partial charge in [-0.05, 0) is 6.92 Å². The molecule has 0 amide bonds. The maximum absolute atomic E-state index is 10.00. The summed E-state index contributed by atoms with van der Waals surface area (Å²) in [5, 5.41) is 0. The smallest absolute Gasteiger partial charge is 0.263 e. The Balaban J connectivity index is 3.60. The van der Waals surface area contributed by atoms with Crippen LogP contribution in [0.25, 0.3) is 0 Å². The number of rotatable bonds is 2. The average Bonchev–Trinajstić information content (AvgIpc) is 1.30. The topological polar surface area (TPSA) is 43.4 Å². The molecule has 3 nitrogen and oxygen atoms in total. The van der Waals surface area contributed by atoms with Crippen molar-refractivity contribution in [3.05, 3.63) is 0 Å². The van der Waals surface area contributed by atoms with Crippen LogP contribution in [0.1, 0.15) is 6.92 Å². The minimum absolute atomic E-state index is 0.214. The van der Waals surface area contributed by atoms with Crippen LogP contribution >= 0.6 is 21.2 Å². The third-order valence-corrected chi connectivity index (χ3v) is 1.54. The predicted octanol–water partition coefficient (Wildman–Crippen LogP) is 0.703. The first-order chi connectivity index (χ1) is 3.06. The van der Waals surface area contributed by atoms with Gasteiger partial charge in [0.1, 0.15) is 21.2 Å². The van der Waals surface area contributed by atoms with Gasteiger partial charge in [-0.1, -0.05) is 0 Å². The molecule has 5 heteroatoms. The van der Waals surface area contributed by atoms with Crippen molar-refractivity contribution in [3.63, 3.8) is 0 Å². The molecule has 0 aromatic rings. The molecule has 0 saturated carbocycles. The van der Waals surface area contributed by atoms with Gasteiger partial charge in [0.25, 0.3) is 0 Å². The van der Waals surface area contributed by atoms with E-state index in [0.717, 1.165) is 0 Å². The van der Waals surface area contributed by atoms with Gasteiger partial charge in [-0.2, -0.15) is 8.42 Å². The molecule has 0 aliphatic rings. The molecular formula is C2H5IO3S. The summed E-state index contributed by atoms with van der Waals surface area (Å²) in [7, 11) is -3.20. The summed E-state index contributed by atoms with van der Waals surface area (Å²) in [5.41, 5.74) is 0. The van der Waals surface area contributed by atoms with Crippen LogP contribution in [-0.4, -0.2) is 15.0 Å². The van der Waals surface area contributed by atoms with E-state index in [1.807, 2.05) is 0 Å². The number of hydrogen-bond donors (Lipinski definition) is 0. The molecule has 0 N–H and O–H groups in total. The average molecular weight is 236 g/mol. The molecule has 0 aliphatic carbocycles. The van der Waals surface area contributed by atoms with Crippen LogP contribution in [0, 0.1) is 0 Å². The van der Waals surface area contributed by atoms with Crippen LogP contribution in [0.3, 0.4) is 0 Å². The fraction of sp³-hybridized carbons (Fsp3) is 1.00. The zero-order chi connectivity index (χ0) is 5.91. The van der Waals surface area contributed by atoms with Crippen molar-refractivity contribution in [2.45, 2.75) is 6.92 Å². The second-order valence-corrected chi connectivity index (χ2v) is 5.06. The van der Waals surface area contributed by atoms with E-state index in [1.54, 1.807) is 6.92 Å². The standard InChI is InChI=1S/C2H5IO3S/c1-2-6-7(3,4)5/h2H2,1H3. The van der Waals surface area contributed by atoms with Crippen molar-refractivity contribution in [2.75, 3.05) is 6.61 Å². The lowest BCUT2D eigenvalue weighted by atomic mass is 10.9. The summed E-state index contributed by atoms with van der Waals surface area (Å²) in [6, 6.07) is 0. The van der Waals surface area contributed by atoms with Gasteiger partial charge in [0.2, 0.25) is 0 Å². The molecule has 0 aromatic carbocycles. The highest BCUT2D eigenvalue weighted by Gasteiger charge is 1.98. The zero-order valence-corrected chi connectivity index (χ0v) is 6.69. The van der Waals surface area contributed by atoms with Crippen LogP contribution < -0.4 is 0 Å². The van der Waals surface area contributed by atoms with Crippen molar-refractivity contribution in [1.29, 1.82) is 0 Å². The highest BCUT2D eigenvalue weighted by atomic mass is 127. The molecule has 44 valence electrons. The van der Waals surface area contributed by atoms with E-state index in [0.29, 0.717) is 0 Å². The Morgan fingerprint density at radius 2 is 2.14 bits per heavy atom. The lowest BCUT2D eigenvalue weighted by molar-refractivity contribution is 0.352. The van der Waals surface area contributed by atoms with Gasteiger partial charge in [0.15, 0.2) is 0 Å². The summed E-state index contributed by atoms with van der Waals surface area (Å²) in [6.07, 6.45) is 0. The highest BCUT2D eigenvalue weighted by molar-refractivity contribution is 14.2. The second-order valence-electron chi connectivity index (χ2n) is 0.800. The molecule has 0 aromatic heterocycles. The van der Waals surface area contributed by atoms with E-state index >= 15 is 0 Å². The Morgan fingerprint density at radius 3 is 2.14 bits per heavy atom. The van der Waals surface area contributed by atoms with Gasteiger partial charge in [0.05, 0.1) is 6.61 Å². The quantitative estimate of drug-likeness (QED) is 0.523. The first-order valence-electron chi connectivity index (χ1n) is 1.65. The van der Waals surface area contributed by atoms with E-state index < -0.39 is 7.29 Å². The molecule has 7 heavy (non-hydrogen) atoms. The molecule has 0 heterocycles. The normalized spacial score (nSPS) is 11.7. The van der Waals surface area contributed by atoms with Crippen molar-refractivity contribution >= 4 is 28.5 Å². The SMILES string of the molecule is CCOS(=O)(=O)I. The predicted molar refractivity (Wildman–Crippen MR) is 34.6 cm³/mol. The maximum atomic E-state index is 10.00. The fourth-order valence-corrected chi connectivity index (χ4v) is 1.19. The monoisotopic (exact) mass is 236 g/mol. The molecule has 0 atom stereocenters. The Labute approximate surface area is 54.8 Å². The Bertz CT molecular complexity index is 126. The molecule has 0 radical (unpaired) electrons. The summed E-state index contributed by atoms with van der Waals surface area (Å²) in [5.74, 6) is 0. The van der Waals surface area contributed by atoms with E-state index in [-0.39, 0.29) is 6.61 Å². The summed E-state index contributed by atoms with van der Waals surface area (Å²) < 4.78 is 24.2. The molecular weight excluding hydrogens is 231 g/mol. The fourth-order valence-electron chi connectivity index (χ4n) is 0.141. The third-order valence-electron chi connectivity index (χ3n) is 0.259. The van der Waals surface area contributed by atoms with Crippen molar-refractivity contribution in [1.82, 2.24) is 0 Å². The number of halogens is 1. The highest BCUT2D eigenvalue weighted by Crippen LogP contribution is 2.00. The Morgan fingerprint density at radius 1 is 1.71 bits per heavy atom. The molecule has 0 rings (SSSR count). The van der Waals surface area contributed by atoms with E-state index in [2.05, 4.69) is 4.18 Å².